The maximum absolute atomic E-state index is 5.94. The lowest BCUT2D eigenvalue weighted by Crippen LogP contribution is -2.33. The second kappa shape index (κ2) is 7.32. The summed E-state index contributed by atoms with van der Waals surface area (Å²) in [6.07, 6.45) is 4.82. The Morgan fingerprint density at radius 2 is 2.20 bits per heavy atom. The minimum atomic E-state index is 0.533. The van der Waals surface area contributed by atoms with Gasteiger partial charge in [0.1, 0.15) is 0 Å². The summed E-state index contributed by atoms with van der Waals surface area (Å²) in [4.78, 5) is 4.53. The second-order valence-electron chi connectivity index (χ2n) is 6.12. The molecule has 3 heteroatoms. The van der Waals surface area contributed by atoms with E-state index in [1.165, 1.54) is 30.4 Å². The van der Waals surface area contributed by atoms with Crippen LogP contribution in [0, 0.1) is 5.92 Å². The highest BCUT2D eigenvalue weighted by atomic mass is 15.1. The van der Waals surface area contributed by atoms with E-state index in [1.54, 1.807) is 0 Å². The molecule has 0 saturated carbocycles. The molecule has 20 heavy (non-hydrogen) atoms. The Labute approximate surface area is 122 Å². The van der Waals surface area contributed by atoms with Crippen molar-refractivity contribution in [1.29, 1.82) is 0 Å². The van der Waals surface area contributed by atoms with Crippen molar-refractivity contribution >= 4 is 5.96 Å². The Kier molecular flexibility index (Phi) is 5.45. The van der Waals surface area contributed by atoms with Gasteiger partial charge in [0.25, 0.3) is 0 Å². The molecule has 1 aromatic carbocycles. The second-order valence-corrected chi connectivity index (χ2v) is 6.12. The van der Waals surface area contributed by atoms with Crippen molar-refractivity contribution in [2.45, 2.75) is 45.4 Å². The number of rotatable bonds is 5. The van der Waals surface area contributed by atoms with Crippen LogP contribution in [-0.2, 0) is 6.42 Å². The fourth-order valence-corrected chi connectivity index (χ4v) is 2.80. The van der Waals surface area contributed by atoms with Gasteiger partial charge in [-0.2, -0.15) is 0 Å². The van der Waals surface area contributed by atoms with Gasteiger partial charge in [-0.05, 0) is 42.7 Å². The van der Waals surface area contributed by atoms with E-state index < -0.39 is 0 Å². The van der Waals surface area contributed by atoms with Crippen LogP contribution in [0.5, 0.6) is 0 Å². The van der Waals surface area contributed by atoms with Crippen molar-refractivity contribution in [2.24, 2.45) is 16.6 Å². The van der Waals surface area contributed by atoms with E-state index in [0.29, 0.717) is 17.8 Å². The van der Waals surface area contributed by atoms with Crippen LogP contribution in [0.4, 0.5) is 0 Å². The lowest BCUT2D eigenvalue weighted by atomic mass is 9.83. The van der Waals surface area contributed by atoms with E-state index in [1.807, 2.05) is 0 Å². The van der Waals surface area contributed by atoms with Gasteiger partial charge < -0.3 is 11.1 Å². The highest BCUT2D eigenvalue weighted by Gasteiger charge is 2.19. The Balaban J connectivity index is 1.88. The highest BCUT2D eigenvalue weighted by molar-refractivity contribution is 5.77. The largest absolute Gasteiger partial charge is 0.370 e. The van der Waals surface area contributed by atoms with E-state index in [9.17, 15) is 0 Å². The minimum Gasteiger partial charge on any atom is -0.370 e. The van der Waals surface area contributed by atoms with Crippen LogP contribution in [-0.4, -0.2) is 19.0 Å². The van der Waals surface area contributed by atoms with Gasteiger partial charge in [0.05, 0.1) is 0 Å². The lowest BCUT2D eigenvalue weighted by molar-refractivity contribution is 0.557. The molecule has 2 rings (SSSR count). The number of benzene rings is 1. The molecule has 0 aliphatic heterocycles. The van der Waals surface area contributed by atoms with E-state index in [0.717, 1.165) is 19.5 Å². The molecule has 0 fully saturated rings. The van der Waals surface area contributed by atoms with E-state index in [-0.39, 0.29) is 0 Å². The summed E-state index contributed by atoms with van der Waals surface area (Å²) in [5.41, 5.74) is 8.90. The van der Waals surface area contributed by atoms with E-state index >= 15 is 0 Å². The number of hydrogen-bond acceptors (Lipinski definition) is 1. The smallest absolute Gasteiger partial charge is 0.188 e. The van der Waals surface area contributed by atoms with Gasteiger partial charge in [0, 0.05) is 19.0 Å². The average molecular weight is 273 g/mol. The number of aryl methyl sites for hydroxylation is 1. The zero-order chi connectivity index (χ0) is 14.4. The Morgan fingerprint density at radius 1 is 1.40 bits per heavy atom. The predicted octanol–water partition coefficient (Wildman–Crippen LogP) is 3.06. The molecular weight excluding hydrogens is 246 g/mol. The molecule has 0 spiro atoms. The number of guanidine groups is 1. The average Bonchev–Trinajstić information content (AvgIpc) is 2.44. The fourth-order valence-electron chi connectivity index (χ4n) is 2.80. The summed E-state index contributed by atoms with van der Waals surface area (Å²) in [5.74, 6) is 1.82. The van der Waals surface area contributed by atoms with Gasteiger partial charge in [0.15, 0.2) is 5.96 Å². The van der Waals surface area contributed by atoms with Gasteiger partial charge in [-0.1, -0.05) is 38.1 Å². The number of fused-ring (bicyclic) bond motifs is 1. The van der Waals surface area contributed by atoms with Crippen molar-refractivity contribution < 1.29 is 0 Å². The van der Waals surface area contributed by atoms with Crippen LogP contribution < -0.4 is 11.1 Å². The number of aliphatic imine (C=N–C) groups is 1. The quantitative estimate of drug-likeness (QED) is 0.640. The first kappa shape index (κ1) is 14.9. The molecule has 0 aromatic heterocycles. The Hall–Kier alpha value is -1.51. The predicted molar refractivity (Wildman–Crippen MR) is 86.1 cm³/mol. The zero-order valence-corrected chi connectivity index (χ0v) is 12.7. The summed E-state index contributed by atoms with van der Waals surface area (Å²) in [6, 6.07) is 8.75. The Bertz CT molecular complexity index is 451. The van der Waals surface area contributed by atoms with Crippen LogP contribution in [0.25, 0.3) is 0 Å². The van der Waals surface area contributed by atoms with Crippen molar-refractivity contribution in [1.82, 2.24) is 5.32 Å². The monoisotopic (exact) mass is 273 g/mol. The third-order valence-electron chi connectivity index (χ3n) is 4.00. The summed E-state index contributed by atoms with van der Waals surface area (Å²) in [6.45, 7) is 6.15. The third-order valence-corrected chi connectivity index (χ3v) is 4.00. The summed E-state index contributed by atoms with van der Waals surface area (Å²) < 4.78 is 0. The van der Waals surface area contributed by atoms with E-state index in [2.05, 4.69) is 48.4 Å². The molecule has 3 N–H and O–H groups in total. The standard InChI is InChI=1S/C17H27N3/c1-13(2)10-11-19-17(18)20-12-15-8-5-7-14-6-3-4-9-16(14)15/h3-4,6,9,13,15H,5,7-8,10-12H2,1-2H3,(H3,18,19,20). The van der Waals surface area contributed by atoms with Crippen LogP contribution in [0.2, 0.25) is 0 Å². The normalized spacial score (nSPS) is 18.9. The molecule has 0 radical (unpaired) electrons. The van der Waals surface area contributed by atoms with Gasteiger partial charge >= 0.3 is 0 Å². The molecule has 0 heterocycles. The summed E-state index contributed by atoms with van der Waals surface area (Å²) in [7, 11) is 0. The molecule has 1 aliphatic rings. The van der Waals surface area contributed by atoms with Crippen LogP contribution >= 0.6 is 0 Å². The van der Waals surface area contributed by atoms with Crippen LogP contribution in [0.15, 0.2) is 29.3 Å². The topological polar surface area (TPSA) is 50.4 Å². The highest BCUT2D eigenvalue weighted by Crippen LogP contribution is 2.31. The SMILES string of the molecule is CC(C)CCNC(N)=NCC1CCCc2ccccc21. The Morgan fingerprint density at radius 3 is 3.00 bits per heavy atom. The third kappa shape index (κ3) is 4.26. The van der Waals surface area contributed by atoms with E-state index in [4.69, 9.17) is 5.73 Å². The first-order chi connectivity index (χ1) is 9.66. The number of nitrogens with zero attached hydrogens (tertiary/aromatic N) is 1. The maximum Gasteiger partial charge on any atom is 0.188 e. The molecule has 1 aromatic rings. The first-order valence-electron chi connectivity index (χ1n) is 7.78. The molecule has 0 amide bonds. The lowest BCUT2D eigenvalue weighted by Gasteiger charge is -2.24. The van der Waals surface area contributed by atoms with Gasteiger partial charge in [-0.15, -0.1) is 0 Å². The van der Waals surface area contributed by atoms with Crippen molar-refractivity contribution in [2.75, 3.05) is 13.1 Å². The van der Waals surface area contributed by atoms with Gasteiger partial charge in [-0.3, -0.25) is 4.99 Å². The number of nitrogens with one attached hydrogen (secondary N) is 1. The zero-order valence-electron chi connectivity index (χ0n) is 12.7. The number of hydrogen-bond donors (Lipinski definition) is 2. The fraction of sp³-hybridized carbons (Fsp3) is 0.588. The van der Waals surface area contributed by atoms with Crippen molar-refractivity contribution in [3.63, 3.8) is 0 Å². The van der Waals surface area contributed by atoms with Crippen LogP contribution in [0.1, 0.15) is 50.2 Å². The van der Waals surface area contributed by atoms with Crippen LogP contribution in [0.3, 0.4) is 0 Å². The summed E-state index contributed by atoms with van der Waals surface area (Å²) >= 11 is 0. The molecule has 0 saturated heterocycles. The molecule has 1 unspecified atom stereocenters. The minimum absolute atomic E-state index is 0.533. The van der Waals surface area contributed by atoms with Crippen molar-refractivity contribution in [3.8, 4) is 0 Å². The number of nitrogens with two attached hydrogens (primary N) is 1. The first-order valence-corrected chi connectivity index (χ1v) is 7.78. The molecule has 3 nitrogen and oxygen atoms in total. The van der Waals surface area contributed by atoms with Gasteiger partial charge in [0.2, 0.25) is 0 Å². The molecular formula is C17H27N3. The molecule has 1 aliphatic carbocycles. The van der Waals surface area contributed by atoms with Crippen molar-refractivity contribution in [3.05, 3.63) is 35.4 Å². The molecule has 0 bridgehead atoms. The summed E-state index contributed by atoms with van der Waals surface area (Å²) in [5, 5.41) is 3.21. The molecule has 110 valence electrons. The maximum atomic E-state index is 5.94. The molecule has 1 atom stereocenters. The van der Waals surface area contributed by atoms with Gasteiger partial charge in [-0.25, -0.2) is 0 Å².